The summed E-state index contributed by atoms with van der Waals surface area (Å²) in [7, 11) is 0. The monoisotopic (exact) mass is 227 g/mol. The second-order valence-electron chi connectivity index (χ2n) is 5.30. The Labute approximate surface area is 98.6 Å². The SMILES string of the molecule is OCCOCCNC1CCC12CCCCC2. The highest BCUT2D eigenvalue weighted by Crippen LogP contribution is 2.51. The van der Waals surface area contributed by atoms with E-state index >= 15 is 0 Å². The summed E-state index contributed by atoms with van der Waals surface area (Å²) in [5.74, 6) is 0. The molecule has 0 aliphatic heterocycles. The second-order valence-corrected chi connectivity index (χ2v) is 5.30. The van der Waals surface area contributed by atoms with E-state index in [9.17, 15) is 0 Å². The van der Waals surface area contributed by atoms with Crippen LogP contribution in [-0.4, -0.2) is 37.5 Å². The molecule has 0 radical (unpaired) electrons. The van der Waals surface area contributed by atoms with E-state index in [2.05, 4.69) is 5.32 Å². The number of hydrogen-bond acceptors (Lipinski definition) is 3. The second kappa shape index (κ2) is 5.99. The standard InChI is InChI=1S/C13H25NO2/c15-9-11-16-10-8-14-12-4-7-13(12)5-2-1-3-6-13/h12,14-15H,1-11H2. The molecule has 0 bridgehead atoms. The average Bonchev–Trinajstić information content (AvgIpc) is 2.33. The van der Waals surface area contributed by atoms with Crippen LogP contribution >= 0.6 is 0 Å². The van der Waals surface area contributed by atoms with Crippen LogP contribution < -0.4 is 5.32 Å². The van der Waals surface area contributed by atoms with Crippen LogP contribution in [0.1, 0.15) is 44.9 Å². The zero-order valence-corrected chi connectivity index (χ0v) is 10.2. The summed E-state index contributed by atoms with van der Waals surface area (Å²) in [4.78, 5) is 0. The maximum absolute atomic E-state index is 8.59. The van der Waals surface area contributed by atoms with Gasteiger partial charge < -0.3 is 15.2 Å². The van der Waals surface area contributed by atoms with Crippen molar-refractivity contribution < 1.29 is 9.84 Å². The predicted molar refractivity (Wildman–Crippen MR) is 64.4 cm³/mol. The predicted octanol–water partition coefficient (Wildman–Crippen LogP) is 1.70. The number of nitrogens with one attached hydrogen (secondary N) is 1. The van der Waals surface area contributed by atoms with E-state index in [0.29, 0.717) is 12.0 Å². The van der Waals surface area contributed by atoms with Gasteiger partial charge in [0.15, 0.2) is 0 Å². The molecule has 0 saturated heterocycles. The van der Waals surface area contributed by atoms with Gasteiger partial charge in [-0.15, -0.1) is 0 Å². The zero-order valence-electron chi connectivity index (χ0n) is 10.2. The van der Waals surface area contributed by atoms with E-state index in [-0.39, 0.29) is 6.61 Å². The van der Waals surface area contributed by atoms with Crippen molar-refractivity contribution >= 4 is 0 Å². The summed E-state index contributed by atoms with van der Waals surface area (Å²) in [5, 5.41) is 12.2. The van der Waals surface area contributed by atoms with E-state index in [0.717, 1.165) is 19.2 Å². The minimum Gasteiger partial charge on any atom is -0.394 e. The third-order valence-corrected chi connectivity index (χ3v) is 4.39. The number of ether oxygens (including phenoxy) is 1. The van der Waals surface area contributed by atoms with Gasteiger partial charge in [0.1, 0.15) is 0 Å². The van der Waals surface area contributed by atoms with Gasteiger partial charge in [-0.2, -0.15) is 0 Å². The van der Waals surface area contributed by atoms with Gasteiger partial charge in [-0.1, -0.05) is 19.3 Å². The van der Waals surface area contributed by atoms with Gasteiger partial charge in [0.05, 0.1) is 19.8 Å². The smallest absolute Gasteiger partial charge is 0.0698 e. The molecule has 0 aromatic carbocycles. The van der Waals surface area contributed by atoms with Crippen LogP contribution in [0.2, 0.25) is 0 Å². The maximum Gasteiger partial charge on any atom is 0.0698 e. The molecule has 2 aliphatic rings. The molecule has 3 nitrogen and oxygen atoms in total. The number of rotatable bonds is 6. The lowest BCUT2D eigenvalue weighted by molar-refractivity contribution is 0.0161. The molecule has 0 aromatic heterocycles. The number of aliphatic hydroxyl groups excluding tert-OH is 1. The average molecular weight is 227 g/mol. The molecular weight excluding hydrogens is 202 g/mol. The molecule has 2 aliphatic carbocycles. The zero-order chi connectivity index (χ0) is 11.3. The number of aliphatic hydroxyl groups is 1. The highest BCUT2D eigenvalue weighted by molar-refractivity contribution is 5.01. The van der Waals surface area contributed by atoms with Gasteiger partial charge in [0, 0.05) is 12.6 Å². The molecule has 1 unspecified atom stereocenters. The topological polar surface area (TPSA) is 41.5 Å². The van der Waals surface area contributed by atoms with Gasteiger partial charge in [0.25, 0.3) is 0 Å². The Bertz CT molecular complexity index is 202. The lowest BCUT2D eigenvalue weighted by Crippen LogP contribution is -2.54. The molecular formula is C13H25NO2. The van der Waals surface area contributed by atoms with Crippen LogP contribution in [0.15, 0.2) is 0 Å². The van der Waals surface area contributed by atoms with Crippen LogP contribution in [0.3, 0.4) is 0 Å². The molecule has 2 saturated carbocycles. The maximum atomic E-state index is 8.59. The Morgan fingerprint density at radius 1 is 1.12 bits per heavy atom. The van der Waals surface area contributed by atoms with E-state index in [1.54, 1.807) is 0 Å². The van der Waals surface area contributed by atoms with E-state index in [1.807, 2.05) is 0 Å². The fourth-order valence-corrected chi connectivity index (χ4v) is 3.34. The lowest BCUT2D eigenvalue weighted by Gasteiger charge is -2.52. The molecule has 1 atom stereocenters. The quantitative estimate of drug-likeness (QED) is 0.679. The fourth-order valence-electron chi connectivity index (χ4n) is 3.34. The van der Waals surface area contributed by atoms with Crippen molar-refractivity contribution in [1.29, 1.82) is 0 Å². The van der Waals surface area contributed by atoms with Gasteiger partial charge in [0.2, 0.25) is 0 Å². The van der Waals surface area contributed by atoms with Crippen molar-refractivity contribution in [3.05, 3.63) is 0 Å². The molecule has 0 amide bonds. The van der Waals surface area contributed by atoms with Crippen molar-refractivity contribution in [3.8, 4) is 0 Å². The van der Waals surface area contributed by atoms with Gasteiger partial charge in [-0.3, -0.25) is 0 Å². The Hall–Kier alpha value is -0.120. The van der Waals surface area contributed by atoms with Crippen LogP contribution in [-0.2, 0) is 4.74 Å². The van der Waals surface area contributed by atoms with Gasteiger partial charge in [-0.25, -0.2) is 0 Å². The summed E-state index contributed by atoms with van der Waals surface area (Å²) in [6.45, 7) is 2.27. The Morgan fingerprint density at radius 2 is 1.94 bits per heavy atom. The largest absolute Gasteiger partial charge is 0.394 e. The minimum absolute atomic E-state index is 0.132. The first-order valence-electron chi connectivity index (χ1n) is 6.79. The minimum atomic E-state index is 0.132. The highest BCUT2D eigenvalue weighted by atomic mass is 16.5. The molecule has 16 heavy (non-hydrogen) atoms. The van der Waals surface area contributed by atoms with Gasteiger partial charge in [-0.05, 0) is 31.1 Å². The normalized spacial score (nSPS) is 27.9. The van der Waals surface area contributed by atoms with Crippen LogP contribution in [0.25, 0.3) is 0 Å². The van der Waals surface area contributed by atoms with Crippen LogP contribution in [0, 0.1) is 5.41 Å². The van der Waals surface area contributed by atoms with E-state index < -0.39 is 0 Å². The van der Waals surface area contributed by atoms with Crippen molar-refractivity contribution in [2.75, 3.05) is 26.4 Å². The summed E-state index contributed by atoms with van der Waals surface area (Å²) in [5.41, 5.74) is 0.648. The Kier molecular flexibility index (Phi) is 4.62. The molecule has 2 N–H and O–H groups in total. The first-order chi connectivity index (χ1) is 7.87. The van der Waals surface area contributed by atoms with E-state index in [4.69, 9.17) is 9.84 Å². The molecule has 2 fully saturated rings. The molecule has 94 valence electrons. The molecule has 0 aromatic rings. The summed E-state index contributed by atoms with van der Waals surface area (Å²) >= 11 is 0. The lowest BCUT2D eigenvalue weighted by atomic mass is 9.57. The summed E-state index contributed by atoms with van der Waals surface area (Å²) in [6.07, 6.45) is 9.94. The molecule has 1 spiro atoms. The van der Waals surface area contributed by atoms with Crippen molar-refractivity contribution in [2.24, 2.45) is 5.41 Å². The van der Waals surface area contributed by atoms with Crippen LogP contribution in [0.5, 0.6) is 0 Å². The summed E-state index contributed by atoms with van der Waals surface area (Å²) in [6, 6.07) is 0.741. The van der Waals surface area contributed by atoms with Crippen molar-refractivity contribution in [2.45, 2.75) is 51.0 Å². The highest BCUT2D eigenvalue weighted by Gasteiger charge is 2.46. The fraction of sp³-hybridized carbons (Fsp3) is 1.00. The Balaban J connectivity index is 1.62. The summed E-state index contributed by atoms with van der Waals surface area (Å²) < 4.78 is 5.27. The first-order valence-corrected chi connectivity index (χ1v) is 6.79. The molecule has 3 heteroatoms. The van der Waals surface area contributed by atoms with E-state index in [1.165, 1.54) is 44.9 Å². The molecule has 0 heterocycles. The third kappa shape index (κ3) is 2.76. The molecule has 2 rings (SSSR count). The first kappa shape index (κ1) is 12.3. The third-order valence-electron chi connectivity index (χ3n) is 4.39. The van der Waals surface area contributed by atoms with Crippen molar-refractivity contribution in [3.63, 3.8) is 0 Å². The Morgan fingerprint density at radius 3 is 2.56 bits per heavy atom. The van der Waals surface area contributed by atoms with Crippen LogP contribution in [0.4, 0.5) is 0 Å². The van der Waals surface area contributed by atoms with Gasteiger partial charge >= 0.3 is 0 Å². The van der Waals surface area contributed by atoms with Crippen molar-refractivity contribution in [1.82, 2.24) is 5.32 Å². The number of hydrogen-bond donors (Lipinski definition) is 2.